The van der Waals surface area contributed by atoms with Crippen LogP contribution in [0, 0.1) is 6.92 Å². The number of hydrogen-bond acceptors (Lipinski definition) is 5. The Kier molecular flexibility index (Phi) is 4.41. The summed E-state index contributed by atoms with van der Waals surface area (Å²) in [7, 11) is 0. The number of hydrogen-bond donors (Lipinski definition) is 0. The molecule has 0 fully saturated rings. The molecule has 0 saturated carbocycles. The molecule has 7 heteroatoms. The third-order valence-corrected chi connectivity index (χ3v) is 5.92. The first kappa shape index (κ1) is 18.0. The normalized spacial score (nSPS) is 12.1. The smallest absolute Gasteiger partial charge is 0.291 e. The Morgan fingerprint density at radius 3 is 2.69 bits per heavy atom. The van der Waals surface area contributed by atoms with Crippen molar-refractivity contribution in [3.63, 3.8) is 0 Å². The number of fused-ring (bicyclic) bond motifs is 1. The number of thiazole rings is 1. The molecular formula is C22H14BrN3O2S. The number of aromatic nitrogens is 3. The van der Waals surface area contributed by atoms with E-state index in [9.17, 15) is 4.79 Å². The second kappa shape index (κ2) is 7.09. The number of halogens is 1. The summed E-state index contributed by atoms with van der Waals surface area (Å²) < 4.78 is 8.77. The van der Waals surface area contributed by atoms with Crippen LogP contribution in [0.2, 0.25) is 0 Å². The molecule has 0 saturated heterocycles. The molecule has 0 bridgehead atoms. The maximum absolute atomic E-state index is 12.8. The zero-order valence-corrected chi connectivity index (χ0v) is 17.7. The topological polar surface area (TPSA) is 60.4 Å². The van der Waals surface area contributed by atoms with E-state index in [1.165, 1.54) is 15.9 Å². The van der Waals surface area contributed by atoms with Crippen LogP contribution in [-0.4, -0.2) is 14.6 Å². The number of rotatable bonds is 3. The van der Waals surface area contributed by atoms with Crippen LogP contribution in [0.3, 0.4) is 0 Å². The molecule has 0 aliphatic rings. The van der Waals surface area contributed by atoms with Crippen LogP contribution in [0.25, 0.3) is 33.7 Å². The summed E-state index contributed by atoms with van der Waals surface area (Å²) >= 11 is 4.77. The van der Waals surface area contributed by atoms with E-state index in [2.05, 4.69) is 26.0 Å². The lowest BCUT2D eigenvalue weighted by Crippen LogP contribution is -2.23. The predicted octanol–water partition coefficient (Wildman–Crippen LogP) is 4.70. The highest BCUT2D eigenvalue weighted by Crippen LogP contribution is 2.25. The van der Waals surface area contributed by atoms with E-state index < -0.39 is 0 Å². The van der Waals surface area contributed by atoms with E-state index in [1.807, 2.05) is 67.6 Å². The van der Waals surface area contributed by atoms with Crippen molar-refractivity contribution in [1.29, 1.82) is 0 Å². The lowest BCUT2D eigenvalue weighted by Gasteiger charge is -1.96. The van der Waals surface area contributed by atoms with Crippen LogP contribution in [0.5, 0.6) is 0 Å². The molecule has 0 N–H and O–H groups in total. The summed E-state index contributed by atoms with van der Waals surface area (Å²) in [4.78, 5) is 17.8. The highest BCUT2D eigenvalue weighted by atomic mass is 79.9. The first-order valence-corrected chi connectivity index (χ1v) is 10.5. The van der Waals surface area contributed by atoms with Gasteiger partial charge in [-0.25, -0.2) is 0 Å². The Morgan fingerprint density at radius 2 is 1.90 bits per heavy atom. The van der Waals surface area contributed by atoms with Crippen molar-refractivity contribution in [1.82, 2.24) is 14.6 Å². The van der Waals surface area contributed by atoms with Crippen LogP contribution in [0.4, 0.5) is 0 Å². The van der Waals surface area contributed by atoms with Gasteiger partial charge in [0, 0.05) is 21.7 Å². The van der Waals surface area contributed by atoms with Gasteiger partial charge in [-0.2, -0.15) is 9.50 Å². The fourth-order valence-corrected chi connectivity index (χ4v) is 4.38. The van der Waals surface area contributed by atoms with Crippen molar-refractivity contribution in [2.75, 3.05) is 0 Å². The molecule has 5 nitrogen and oxygen atoms in total. The van der Waals surface area contributed by atoms with Crippen molar-refractivity contribution in [3.05, 3.63) is 91.3 Å². The Bertz CT molecular complexity index is 1470. The minimum Gasteiger partial charge on any atom is -0.457 e. The highest BCUT2D eigenvalue weighted by molar-refractivity contribution is 9.10. The maximum atomic E-state index is 12.8. The second-order valence-corrected chi connectivity index (χ2v) is 8.55. The van der Waals surface area contributed by atoms with Crippen molar-refractivity contribution < 1.29 is 4.42 Å². The van der Waals surface area contributed by atoms with Gasteiger partial charge in [-0.1, -0.05) is 63.2 Å². The molecule has 0 unspecified atom stereocenters. The molecule has 5 aromatic rings. The van der Waals surface area contributed by atoms with Crippen molar-refractivity contribution in [2.45, 2.75) is 6.92 Å². The molecule has 3 heterocycles. The minimum atomic E-state index is -0.197. The maximum Gasteiger partial charge on any atom is 0.291 e. The van der Waals surface area contributed by atoms with Crippen LogP contribution in [0.1, 0.15) is 11.3 Å². The molecule has 2 aromatic carbocycles. The SMILES string of the molecule is Cc1cccc(-c2nc3s/c(=C\c4ccc(-c5cccc(Br)c5)o4)c(=O)n3n2)c1. The van der Waals surface area contributed by atoms with E-state index in [4.69, 9.17) is 4.42 Å². The molecule has 29 heavy (non-hydrogen) atoms. The standard InChI is InChI=1S/C22H14BrN3O2S/c1-13-4-2-6-15(10-13)20-24-22-26(25-20)21(27)19(29-22)12-17-8-9-18(28-17)14-5-3-7-16(23)11-14/h2-12H,1H3/b19-12-. The average molecular weight is 464 g/mol. The summed E-state index contributed by atoms with van der Waals surface area (Å²) in [5, 5.41) is 4.40. The van der Waals surface area contributed by atoms with E-state index in [1.54, 1.807) is 6.08 Å². The average Bonchev–Trinajstić information content (AvgIpc) is 3.40. The quantitative estimate of drug-likeness (QED) is 0.389. The van der Waals surface area contributed by atoms with Crippen molar-refractivity contribution in [3.8, 4) is 22.7 Å². The molecule has 0 atom stereocenters. The Balaban J connectivity index is 1.53. The van der Waals surface area contributed by atoms with Crippen molar-refractivity contribution >= 4 is 38.3 Å². The summed E-state index contributed by atoms with van der Waals surface area (Å²) in [6.07, 6.45) is 1.73. The van der Waals surface area contributed by atoms with Gasteiger partial charge in [0.1, 0.15) is 16.1 Å². The zero-order valence-electron chi connectivity index (χ0n) is 15.3. The first-order valence-electron chi connectivity index (χ1n) is 8.91. The Hall–Kier alpha value is -3.03. The first-order chi connectivity index (χ1) is 14.1. The van der Waals surface area contributed by atoms with Gasteiger partial charge in [0.05, 0.1) is 0 Å². The summed E-state index contributed by atoms with van der Waals surface area (Å²) in [5.41, 5.74) is 2.79. The molecule has 3 aromatic heterocycles. The lowest BCUT2D eigenvalue weighted by atomic mass is 10.1. The zero-order chi connectivity index (χ0) is 20.0. The third kappa shape index (κ3) is 3.43. The van der Waals surface area contributed by atoms with Crippen LogP contribution >= 0.6 is 27.3 Å². The molecule has 5 rings (SSSR count). The van der Waals surface area contributed by atoms with Gasteiger partial charge < -0.3 is 4.42 Å². The van der Waals surface area contributed by atoms with Gasteiger partial charge in [0.15, 0.2) is 5.82 Å². The van der Waals surface area contributed by atoms with Crippen LogP contribution < -0.4 is 10.1 Å². The van der Waals surface area contributed by atoms with Crippen LogP contribution in [0.15, 0.2) is 74.3 Å². The molecular weight excluding hydrogens is 450 g/mol. The Morgan fingerprint density at radius 1 is 1.07 bits per heavy atom. The number of benzene rings is 2. The molecule has 0 amide bonds. The van der Waals surface area contributed by atoms with Gasteiger partial charge in [-0.3, -0.25) is 4.79 Å². The fraction of sp³-hybridized carbons (Fsp3) is 0.0455. The summed E-state index contributed by atoms with van der Waals surface area (Å²) in [6.45, 7) is 2.01. The van der Waals surface area contributed by atoms with E-state index >= 15 is 0 Å². The van der Waals surface area contributed by atoms with E-state index in [0.717, 1.165) is 26.9 Å². The van der Waals surface area contributed by atoms with Gasteiger partial charge >= 0.3 is 0 Å². The third-order valence-electron chi connectivity index (χ3n) is 4.47. The van der Waals surface area contributed by atoms with Crippen molar-refractivity contribution in [2.24, 2.45) is 0 Å². The number of nitrogens with zero attached hydrogens (tertiary/aromatic N) is 3. The number of aryl methyl sites for hydroxylation is 1. The monoisotopic (exact) mass is 463 g/mol. The number of furan rings is 1. The predicted molar refractivity (Wildman–Crippen MR) is 118 cm³/mol. The molecule has 0 radical (unpaired) electrons. The van der Waals surface area contributed by atoms with Gasteiger partial charge in [-0.05, 0) is 37.3 Å². The van der Waals surface area contributed by atoms with E-state index in [0.29, 0.717) is 21.1 Å². The summed E-state index contributed by atoms with van der Waals surface area (Å²) in [6, 6.07) is 19.5. The van der Waals surface area contributed by atoms with Gasteiger partial charge in [0.25, 0.3) is 5.56 Å². The summed E-state index contributed by atoms with van der Waals surface area (Å²) in [5.74, 6) is 1.91. The minimum absolute atomic E-state index is 0.197. The lowest BCUT2D eigenvalue weighted by molar-refractivity contribution is 0.571. The molecule has 0 aliphatic heterocycles. The fourth-order valence-electron chi connectivity index (χ4n) is 3.10. The van der Waals surface area contributed by atoms with Crippen LogP contribution in [-0.2, 0) is 0 Å². The van der Waals surface area contributed by atoms with E-state index in [-0.39, 0.29) is 5.56 Å². The Labute approximate surface area is 178 Å². The largest absolute Gasteiger partial charge is 0.457 e. The van der Waals surface area contributed by atoms with Gasteiger partial charge in [0.2, 0.25) is 4.96 Å². The molecule has 0 spiro atoms. The molecule has 142 valence electrons. The van der Waals surface area contributed by atoms with Gasteiger partial charge in [-0.15, -0.1) is 5.10 Å². The highest BCUT2D eigenvalue weighted by Gasteiger charge is 2.12. The molecule has 0 aliphatic carbocycles. The second-order valence-electron chi connectivity index (χ2n) is 6.63.